The van der Waals surface area contributed by atoms with Gasteiger partial charge in [-0.05, 0) is 60.3 Å². The Balaban J connectivity index is 1.66. The summed E-state index contributed by atoms with van der Waals surface area (Å²) in [6.45, 7) is 1.76. The van der Waals surface area contributed by atoms with E-state index in [1.54, 1.807) is 49.4 Å². The van der Waals surface area contributed by atoms with Crippen molar-refractivity contribution in [3.05, 3.63) is 90.0 Å². The summed E-state index contributed by atoms with van der Waals surface area (Å²) in [4.78, 5) is 11.8. The minimum Gasteiger partial charge on any atom is -0.505 e. The molecule has 0 radical (unpaired) electrons. The number of nitrogens with one attached hydrogen (secondary N) is 1. The summed E-state index contributed by atoms with van der Waals surface area (Å²) < 4.78 is 33.5. The van der Waals surface area contributed by atoms with E-state index in [4.69, 9.17) is 0 Å². The van der Waals surface area contributed by atoms with Crippen LogP contribution in [-0.4, -0.2) is 24.0 Å². The van der Waals surface area contributed by atoms with Crippen LogP contribution in [-0.2, 0) is 10.1 Å². The van der Waals surface area contributed by atoms with E-state index in [0.717, 1.165) is 0 Å². The number of carbonyl (C=O) groups excluding carboxylic acids is 1. The van der Waals surface area contributed by atoms with Crippen molar-refractivity contribution in [3.8, 4) is 5.75 Å². The van der Waals surface area contributed by atoms with Gasteiger partial charge in [0, 0.05) is 16.6 Å². The lowest BCUT2D eigenvalue weighted by molar-refractivity contribution is 0.102. The molecule has 0 spiro atoms. The quantitative estimate of drug-likeness (QED) is 0.257. The second-order valence-corrected chi connectivity index (χ2v) is 8.68. The van der Waals surface area contributed by atoms with E-state index < -0.39 is 20.8 Å². The van der Waals surface area contributed by atoms with Gasteiger partial charge in [-0.25, -0.2) is 0 Å². The second-order valence-electron chi connectivity index (χ2n) is 7.29. The molecule has 3 N–H and O–H groups in total. The van der Waals surface area contributed by atoms with Gasteiger partial charge in [0.2, 0.25) is 0 Å². The molecule has 0 aliphatic rings. The Morgan fingerprint density at radius 3 is 2.27 bits per heavy atom. The molecular formula is C24H19N3O5S. The summed E-state index contributed by atoms with van der Waals surface area (Å²) in [5.74, 6) is -0.707. The summed E-state index contributed by atoms with van der Waals surface area (Å²) in [5.41, 5.74) is 1.70. The number of phenolic OH excluding ortho intramolecular Hbond substituents is 1. The average Bonchev–Trinajstić information content (AvgIpc) is 2.78. The molecule has 0 aliphatic carbocycles. The summed E-state index contributed by atoms with van der Waals surface area (Å²) >= 11 is 0. The van der Waals surface area contributed by atoms with Crippen LogP contribution in [0.15, 0.2) is 94.0 Å². The lowest BCUT2D eigenvalue weighted by atomic mass is 10.0. The highest BCUT2D eigenvalue weighted by molar-refractivity contribution is 7.86. The van der Waals surface area contributed by atoms with Crippen LogP contribution in [0, 0.1) is 6.92 Å². The number of azo groups is 1. The number of nitrogens with zero attached hydrogens (tertiary/aromatic N) is 2. The molecule has 8 nitrogen and oxygen atoms in total. The average molecular weight is 461 g/mol. The van der Waals surface area contributed by atoms with Crippen molar-refractivity contribution < 1.29 is 22.9 Å². The van der Waals surface area contributed by atoms with Gasteiger partial charge in [-0.1, -0.05) is 36.4 Å². The molecule has 4 rings (SSSR count). The molecular weight excluding hydrogens is 442 g/mol. The number of para-hydroxylation sites is 1. The summed E-state index contributed by atoms with van der Waals surface area (Å²) in [7, 11) is -4.68. The van der Waals surface area contributed by atoms with E-state index in [-0.39, 0.29) is 11.6 Å². The zero-order valence-electron chi connectivity index (χ0n) is 17.4. The first-order chi connectivity index (χ1) is 15.7. The molecule has 4 aromatic carbocycles. The van der Waals surface area contributed by atoms with E-state index in [0.29, 0.717) is 33.3 Å². The normalized spacial score (nSPS) is 11.7. The molecule has 0 atom stereocenters. The van der Waals surface area contributed by atoms with Gasteiger partial charge in [-0.15, -0.1) is 5.11 Å². The molecule has 33 heavy (non-hydrogen) atoms. The predicted molar refractivity (Wildman–Crippen MR) is 125 cm³/mol. The van der Waals surface area contributed by atoms with Crippen LogP contribution in [0.2, 0.25) is 0 Å². The molecule has 0 fully saturated rings. The molecule has 1 amide bonds. The number of carbonyl (C=O) groups is 1. The SMILES string of the molecule is Cc1cccc2cc(S(=O)(=O)O)c(N=Nc3ccc(C(=O)Nc4ccccc4)cc3)c(O)c12. The molecule has 0 saturated heterocycles. The monoisotopic (exact) mass is 461 g/mol. The maximum atomic E-state index is 12.4. The van der Waals surface area contributed by atoms with E-state index >= 15 is 0 Å². The smallest absolute Gasteiger partial charge is 0.296 e. The van der Waals surface area contributed by atoms with Crippen molar-refractivity contribution in [1.29, 1.82) is 0 Å². The van der Waals surface area contributed by atoms with Crippen LogP contribution in [0.25, 0.3) is 10.8 Å². The predicted octanol–water partition coefficient (Wildman–Crippen LogP) is 5.77. The fraction of sp³-hybridized carbons (Fsp3) is 0.0417. The number of phenols is 1. The maximum absolute atomic E-state index is 12.4. The third-order valence-electron chi connectivity index (χ3n) is 4.99. The summed E-state index contributed by atoms with van der Waals surface area (Å²) in [6, 6.07) is 21.5. The lowest BCUT2D eigenvalue weighted by Gasteiger charge is -2.10. The van der Waals surface area contributed by atoms with E-state index in [9.17, 15) is 22.9 Å². The number of aryl methyl sites for hydroxylation is 1. The Morgan fingerprint density at radius 1 is 0.909 bits per heavy atom. The first-order valence-electron chi connectivity index (χ1n) is 9.85. The van der Waals surface area contributed by atoms with Crippen LogP contribution in [0.4, 0.5) is 17.1 Å². The second kappa shape index (κ2) is 8.81. The number of hydrogen-bond acceptors (Lipinski definition) is 6. The van der Waals surface area contributed by atoms with Crippen LogP contribution < -0.4 is 5.32 Å². The molecule has 0 bridgehead atoms. The highest BCUT2D eigenvalue weighted by Gasteiger charge is 2.22. The highest BCUT2D eigenvalue weighted by atomic mass is 32.2. The minimum absolute atomic E-state index is 0.305. The number of hydrogen-bond donors (Lipinski definition) is 3. The number of fused-ring (bicyclic) bond motifs is 1. The number of aromatic hydroxyl groups is 1. The fourth-order valence-corrected chi connectivity index (χ4v) is 4.04. The van der Waals surface area contributed by atoms with Gasteiger partial charge in [0.1, 0.15) is 10.6 Å². The van der Waals surface area contributed by atoms with Gasteiger partial charge in [0.15, 0.2) is 5.75 Å². The van der Waals surface area contributed by atoms with E-state index in [1.807, 2.05) is 18.2 Å². The minimum atomic E-state index is -4.68. The van der Waals surface area contributed by atoms with Gasteiger partial charge >= 0.3 is 0 Å². The van der Waals surface area contributed by atoms with Crippen molar-refractivity contribution in [2.24, 2.45) is 10.2 Å². The molecule has 0 saturated carbocycles. The molecule has 9 heteroatoms. The number of anilines is 1. The first kappa shape index (κ1) is 22.1. The molecule has 0 heterocycles. The first-order valence-corrected chi connectivity index (χ1v) is 11.3. The number of amides is 1. The van der Waals surface area contributed by atoms with Crippen LogP contribution in [0.5, 0.6) is 5.75 Å². The number of benzene rings is 4. The Hall–Kier alpha value is -4.08. The molecule has 0 unspecified atom stereocenters. The topological polar surface area (TPSA) is 128 Å². The third kappa shape index (κ3) is 4.74. The van der Waals surface area contributed by atoms with Gasteiger partial charge in [-0.2, -0.15) is 13.5 Å². The summed E-state index contributed by atoms with van der Waals surface area (Å²) in [6.07, 6.45) is 0. The van der Waals surface area contributed by atoms with Crippen molar-refractivity contribution >= 4 is 43.9 Å². The van der Waals surface area contributed by atoms with E-state index in [1.165, 1.54) is 18.2 Å². The highest BCUT2D eigenvalue weighted by Crippen LogP contribution is 2.42. The van der Waals surface area contributed by atoms with Crippen molar-refractivity contribution in [2.75, 3.05) is 5.32 Å². The van der Waals surface area contributed by atoms with Gasteiger partial charge in [0.25, 0.3) is 16.0 Å². The van der Waals surface area contributed by atoms with Gasteiger partial charge in [0.05, 0.1) is 5.69 Å². The Labute approximate surface area is 190 Å². The van der Waals surface area contributed by atoms with Gasteiger partial charge < -0.3 is 10.4 Å². The largest absolute Gasteiger partial charge is 0.505 e. The Kier molecular flexibility index (Phi) is 5.91. The lowest BCUT2D eigenvalue weighted by Crippen LogP contribution is -2.11. The molecule has 166 valence electrons. The van der Waals surface area contributed by atoms with Crippen molar-refractivity contribution in [3.63, 3.8) is 0 Å². The zero-order chi connectivity index (χ0) is 23.6. The Bertz CT molecular complexity index is 1480. The third-order valence-corrected chi connectivity index (χ3v) is 5.86. The molecule has 0 aromatic heterocycles. The van der Waals surface area contributed by atoms with Crippen LogP contribution in [0.1, 0.15) is 15.9 Å². The molecule has 0 aliphatic heterocycles. The summed E-state index contributed by atoms with van der Waals surface area (Å²) in [5, 5.41) is 22.2. The zero-order valence-corrected chi connectivity index (χ0v) is 18.2. The fourth-order valence-electron chi connectivity index (χ4n) is 3.38. The standard InChI is InChI=1S/C24H19N3O5S/c1-15-6-5-7-17-14-20(33(30,31)32)22(23(28)21(15)17)27-26-19-12-10-16(11-13-19)24(29)25-18-8-3-2-4-9-18/h2-14,28H,1H3,(H,25,29)(H,30,31,32). The number of rotatable bonds is 5. The van der Waals surface area contributed by atoms with E-state index in [2.05, 4.69) is 15.5 Å². The molecule has 4 aromatic rings. The van der Waals surface area contributed by atoms with Crippen molar-refractivity contribution in [2.45, 2.75) is 11.8 Å². The Morgan fingerprint density at radius 2 is 1.61 bits per heavy atom. The van der Waals surface area contributed by atoms with Gasteiger partial charge in [-0.3, -0.25) is 9.35 Å². The maximum Gasteiger partial charge on any atom is 0.296 e. The van der Waals surface area contributed by atoms with Crippen LogP contribution >= 0.6 is 0 Å². The van der Waals surface area contributed by atoms with Crippen molar-refractivity contribution in [1.82, 2.24) is 0 Å². The van der Waals surface area contributed by atoms with Crippen LogP contribution in [0.3, 0.4) is 0 Å².